The number of aryl methyl sites for hydroxylation is 2. The minimum absolute atomic E-state index is 0.247. The van der Waals surface area contributed by atoms with Gasteiger partial charge in [0.05, 0.1) is 5.56 Å². The van der Waals surface area contributed by atoms with Gasteiger partial charge < -0.3 is 9.84 Å². The van der Waals surface area contributed by atoms with E-state index in [1.54, 1.807) is 24.3 Å². The molecule has 0 unspecified atom stereocenters. The Morgan fingerprint density at radius 2 is 1.95 bits per heavy atom. The quantitative estimate of drug-likeness (QED) is 0.923. The van der Waals surface area contributed by atoms with Crippen molar-refractivity contribution in [2.75, 3.05) is 0 Å². The number of carboxylic acids is 1. The third kappa shape index (κ3) is 2.67. The zero-order valence-electron chi connectivity index (χ0n) is 11.1. The maximum absolute atomic E-state index is 10.9. The molecule has 1 N–H and O–H groups in total. The number of ether oxygens (including phenoxy) is 1. The van der Waals surface area contributed by atoms with E-state index in [4.69, 9.17) is 9.84 Å². The highest BCUT2D eigenvalue weighted by Gasteiger charge is 2.11. The third-order valence-corrected chi connectivity index (χ3v) is 3.65. The molecule has 0 bridgehead atoms. The van der Waals surface area contributed by atoms with E-state index in [2.05, 4.69) is 18.2 Å². The molecule has 0 spiro atoms. The predicted octanol–water partition coefficient (Wildman–Crippen LogP) is 3.45. The molecule has 1 aliphatic carbocycles. The van der Waals surface area contributed by atoms with Crippen LogP contribution in [0.4, 0.5) is 0 Å². The van der Waals surface area contributed by atoms with E-state index in [-0.39, 0.29) is 5.56 Å². The van der Waals surface area contributed by atoms with Gasteiger partial charge in [0, 0.05) is 0 Å². The minimum atomic E-state index is -0.937. The summed E-state index contributed by atoms with van der Waals surface area (Å²) in [4.78, 5) is 10.9. The van der Waals surface area contributed by atoms with Crippen molar-refractivity contribution in [2.45, 2.75) is 25.9 Å². The Balaban J connectivity index is 1.70. The lowest BCUT2D eigenvalue weighted by atomic mass is 10.1. The Kier molecular flexibility index (Phi) is 3.42. The first-order valence-corrected chi connectivity index (χ1v) is 6.79. The van der Waals surface area contributed by atoms with Crippen LogP contribution in [0.3, 0.4) is 0 Å². The fourth-order valence-electron chi connectivity index (χ4n) is 2.60. The van der Waals surface area contributed by atoms with Crippen LogP contribution in [0.2, 0.25) is 0 Å². The van der Waals surface area contributed by atoms with Gasteiger partial charge in [0.25, 0.3) is 0 Å². The Morgan fingerprint density at radius 3 is 2.80 bits per heavy atom. The van der Waals surface area contributed by atoms with Crippen molar-refractivity contribution < 1.29 is 14.6 Å². The highest BCUT2D eigenvalue weighted by atomic mass is 16.5. The average molecular weight is 268 g/mol. The van der Waals surface area contributed by atoms with Crippen LogP contribution in [0, 0.1) is 0 Å². The Morgan fingerprint density at radius 1 is 1.10 bits per heavy atom. The summed E-state index contributed by atoms with van der Waals surface area (Å²) >= 11 is 0. The molecule has 0 radical (unpaired) electrons. The topological polar surface area (TPSA) is 46.5 Å². The van der Waals surface area contributed by atoms with Crippen LogP contribution >= 0.6 is 0 Å². The van der Waals surface area contributed by atoms with Gasteiger partial charge in [-0.15, -0.1) is 0 Å². The highest BCUT2D eigenvalue weighted by molar-refractivity contribution is 5.87. The summed E-state index contributed by atoms with van der Waals surface area (Å²) in [5.74, 6) is -0.349. The summed E-state index contributed by atoms with van der Waals surface area (Å²) in [6.45, 7) is 0.469. The lowest BCUT2D eigenvalue weighted by Gasteiger charge is -2.08. The van der Waals surface area contributed by atoms with Crippen molar-refractivity contribution in [3.63, 3.8) is 0 Å². The van der Waals surface area contributed by atoms with E-state index >= 15 is 0 Å². The van der Waals surface area contributed by atoms with E-state index in [0.29, 0.717) is 12.4 Å². The van der Waals surface area contributed by atoms with Gasteiger partial charge in [0.1, 0.15) is 12.4 Å². The lowest BCUT2D eigenvalue weighted by Crippen LogP contribution is -1.99. The molecular formula is C17H16O3. The van der Waals surface area contributed by atoms with Gasteiger partial charge >= 0.3 is 5.97 Å². The second-order valence-corrected chi connectivity index (χ2v) is 5.08. The first-order valence-electron chi connectivity index (χ1n) is 6.79. The van der Waals surface area contributed by atoms with E-state index in [0.717, 1.165) is 12.0 Å². The van der Waals surface area contributed by atoms with E-state index in [1.807, 2.05) is 0 Å². The Hall–Kier alpha value is -2.29. The van der Waals surface area contributed by atoms with Crippen molar-refractivity contribution in [2.24, 2.45) is 0 Å². The van der Waals surface area contributed by atoms with Gasteiger partial charge in [-0.2, -0.15) is 0 Å². The molecular weight excluding hydrogens is 252 g/mol. The van der Waals surface area contributed by atoms with Gasteiger partial charge in [-0.05, 0) is 54.2 Å². The second kappa shape index (κ2) is 5.37. The van der Waals surface area contributed by atoms with E-state index < -0.39 is 5.97 Å². The molecule has 1 aliphatic rings. The first-order chi connectivity index (χ1) is 9.72. The fourth-order valence-corrected chi connectivity index (χ4v) is 2.60. The number of hydrogen-bond acceptors (Lipinski definition) is 2. The summed E-state index contributed by atoms with van der Waals surface area (Å²) in [6.07, 6.45) is 3.56. The summed E-state index contributed by atoms with van der Waals surface area (Å²) in [7, 11) is 0. The molecule has 3 rings (SSSR count). The molecule has 0 aromatic heterocycles. The third-order valence-electron chi connectivity index (χ3n) is 3.65. The zero-order valence-corrected chi connectivity index (χ0v) is 11.1. The van der Waals surface area contributed by atoms with E-state index in [1.165, 1.54) is 24.0 Å². The van der Waals surface area contributed by atoms with Gasteiger partial charge in [-0.3, -0.25) is 0 Å². The zero-order chi connectivity index (χ0) is 13.9. The molecule has 0 saturated heterocycles. The summed E-state index contributed by atoms with van der Waals surface area (Å²) in [5.41, 5.74) is 4.25. The molecule has 0 saturated carbocycles. The smallest absolute Gasteiger partial charge is 0.335 e. The molecule has 0 atom stereocenters. The summed E-state index contributed by atoms with van der Waals surface area (Å²) in [6, 6.07) is 13.0. The van der Waals surface area contributed by atoms with Crippen LogP contribution in [-0.4, -0.2) is 11.1 Å². The molecule has 2 aromatic rings. The number of aromatic carboxylic acids is 1. The number of hydrogen-bond donors (Lipinski definition) is 1. The minimum Gasteiger partial charge on any atom is -0.489 e. The van der Waals surface area contributed by atoms with Crippen LogP contribution in [0.5, 0.6) is 5.75 Å². The van der Waals surface area contributed by atoms with Gasteiger partial charge in [-0.1, -0.05) is 24.3 Å². The molecule has 0 amide bonds. The van der Waals surface area contributed by atoms with Crippen molar-refractivity contribution in [3.8, 4) is 5.75 Å². The summed E-state index contributed by atoms with van der Waals surface area (Å²) < 4.78 is 5.68. The van der Waals surface area contributed by atoms with Crippen LogP contribution in [0.15, 0.2) is 42.5 Å². The highest BCUT2D eigenvalue weighted by Crippen LogP contribution is 2.23. The largest absolute Gasteiger partial charge is 0.489 e. The number of carbonyl (C=O) groups is 1. The van der Waals surface area contributed by atoms with Gasteiger partial charge in [-0.25, -0.2) is 4.79 Å². The molecule has 0 heterocycles. The van der Waals surface area contributed by atoms with Crippen molar-refractivity contribution in [1.82, 2.24) is 0 Å². The van der Waals surface area contributed by atoms with Crippen molar-refractivity contribution in [3.05, 3.63) is 64.7 Å². The first kappa shape index (κ1) is 12.7. The molecule has 3 heteroatoms. The monoisotopic (exact) mass is 268 g/mol. The van der Waals surface area contributed by atoms with Crippen LogP contribution in [-0.2, 0) is 19.4 Å². The Bertz CT molecular complexity index is 646. The SMILES string of the molecule is O=C(O)c1cccc(OCc2ccc3c(c2)CCC3)c1. The Labute approximate surface area is 117 Å². The fraction of sp³-hybridized carbons (Fsp3) is 0.235. The van der Waals surface area contributed by atoms with E-state index in [9.17, 15) is 4.79 Å². The van der Waals surface area contributed by atoms with Crippen molar-refractivity contribution >= 4 is 5.97 Å². The lowest BCUT2D eigenvalue weighted by molar-refractivity contribution is 0.0696. The van der Waals surface area contributed by atoms with Crippen molar-refractivity contribution in [1.29, 1.82) is 0 Å². The number of benzene rings is 2. The summed E-state index contributed by atoms with van der Waals surface area (Å²) in [5, 5.41) is 8.94. The second-order valence-electron chi connectivity index (χ2n) is 5.08. The molecule has 102 valence electrons. The standard InChI is InChI=1S/C17H16O3/c18-17(19)15-5-2-6-16(10-15)20-11-12-7-8-13-3-1-4-14(13)9-12/h2,5-10H,1,3-4,11H2,(H,18,19). The van der Waals surface area contributed by atoms with Crippen LogP contribution in [0.1, 0.15) is 33.5 Å². The number of fused-ring (bicyclic) bond motifs is 1. The van der Waals surface area contributed by atoms with Gasteiger partial charge in [0.2, 0.25) is 0 Å². The predicted molar refractivity (Wildman–Crippen MR) is 76.2 cm³/mol. The molecule has 20 heavy (non-hydrogen) atoms. The maximum atomic E-state index is 10.9. The maximum Gasteiger partial charge on any atom is 0.335 e. The number of rotatable bonds is 4. The number of carboxylic acid groups (broad SMARTS) is 1. The molecule has 0 fully saturated rings. The van der Waals surface area contributed by atoms with Crippen LogP contribution in [0.25, 0.3) is 0 Å². The average Bonchev–Trinajstić information content (AvgIpc) is 2.93. The molecule has 3 nitrogen and oxygen atoms in total. The molecule has 2 aromatic carbocycles. The van der Waals surface area contributed by atoms with Crippen LogP contribution < -0.4 is 4.74 Å². The molecule has 0 aliphatic heterocycles. The van der Waals surface area contributed by atoms with Gasteiger partial charge in [0.15, 0.2) is 0 Å². The normalized spacial score (nSPS) is 13.0.